The van der Waals surface area contributed by atoms with Gasteiger partial charge in [0, 0.05) is 6.04 Å². The highest BCUT2D eigenvalue weighted by atomic mass is 19.1. The number of likely N-dealkylation sites (N-methyl/N-ethyl adjacent to an activating group) is 1. The number of aryl methyl sites for hydroxylation is 1. The highest BCUT2D eigenvalue weighted by Crippen LogP contribution is 2.30. The average molecular weight is 283 g/mol. The van der Waals surface area contributed by atoms with E-state index in [0.717, 1.165) is 24.8 Å². The van der Waals surface area contributed by atoms with E-state index in [2.05, 4.69) is 36.5 Å². The quantitative estimate of drug-likeness (QED) is 0.902. The van der Waals surface area contributed by atoms with Gasteiger partial charge in [0.05, 0.1) is 0 Å². The first-order chi connectivity index (χ1) is 10.2. The summed E-state index contributed by atoms with van der Waals surface area (Å²) < 4.78 is 13.5. The Morgan fingerprint density at radius 3 is 2.43 bits per heavy atom. The van der Waals surface area contributed by atoms with Crippen molar-refractivity contribution in [1.82, 2.24) is 5.32 Å². The largest absolute Gasteiger partial charge is 0.316 e. The van der Waals surface area contributed by atoms with Gasteiger partial charge in [-0.15, -0.1) is 0 Å². The van der Waals surface area contributed by atoms with Crippen molar-refractivity contribution in [2.45, 2.75) is 32.2 Å². The van der Waals surface area contributed by atoms with Crippen molar-refractivity contribution in [2.75, 3.05) is 7.05 Å². The van der Waals surface area contributed by atoms with Crippen molar-refractivity contribution in [3.8, 4) is 0 Å². The highest BCUT2D eigenvalue weighted by Gasteiger charge is 2.27. The third-order valence-corrected chi connectivity index (χ3v) is 4.77. The SMILES string of the molecule is CNC(Cc1cc(F)ccc1C)C1Cc2ccccc2C1. The van der Waals surface area contributed by atoms with E-state index in [-0.39, 0.29) is 5.82 Å². The van der Waals surface area contributed by atoms with Gasteiger partial charge in [-0.05, 0) is 73.5 Å². The molecule has 1 aliphatic rings. The molecule has 3 rings (SSSR count). The van der Waals surface area contributed by atoms with E-state index >= 15 is 0 Å². The van der Waals surface area contributed by atoms with E-state index in [1.807, 2.05) is 13.1 Å². The lowest BCUT2D eigenvalue weighted by Crippen LogP contribution is -2.36. The lowest BCUT2D eigenvalue weighted by Gasteiger charge is -2.24. The molecule has 2 aromatic rings. The summed E-state index contributed by atoms with van der Waals surface area (Å²) in [6.07, 6.45) is 3.13. The standard InChI is InChI=1S/C19H22FN/c1-13-7-8-18(20)11-16(13)12-19(21-2)17-9-14-5-3-4-6-15(14)10-17/h3-8,11,17,19,21H,9-10,12H2,1-2H3. The molecule has 0 radical (unpaired) electrons. The van der Waals surface area contributed by atoms with E-state index in [9.17, 15) is 4.39 Å². The summed E-state index contributed by atoms with van der Waals surface area (Å²) in [5, 5.41) is 3.45. The average Bonchev–Trinajstić information content (AvgIpc) is 2.91. The summed E-state index contributed by atoms with van der Waals surface area (Å²) in [6, 6.07) is 14.2. The van der Waals surface area contributed by atoms with Crippen LogP contribution in [0.5, 0.6) is 0 Å². The lowest BCUT2D eigenvalue weighted by atomic mass is 9.90. The Labute approximate surface area is 126 Å². The lowest BCUT2D eigenvalue weighted by molar-refractivity contribution is 0.382. The summed E-state index contributed by atoms with van der Waals surface area (Å²) in [4.78, 5) is 0. The van der Waals surface area contributed by atoms with Gasteiger partial charge in [0.15, 0.2) is 0 Å². The van der Waals surface area contributed by atoms with Crippen molar-refractivity contribution in [3.63, 3.8) is 0 Å². The van der Waals surface area contributed by atoms with Crippen LogP contribution in [0.3, 0.4) is 0 Å². The molecule has 0 amide bonds. The Kier molecular flexibility index (Phi) is 4.07. The van der Waals surface area contributed by atoms with Crippen molar-refractivity contribution >= 4 is 0 Å². The first-order valence-corrected chi connectivity index (χ1v) is 7.66. The Morgan fingerprint density at radius 2 is 1.81 bits per heavy atom. The summed E-state index contributed by atoms with van der Waals surface area (Å²) in [6.45, 7) is 2.06. The van der Waals surface area contributed by atoms with E-state index < -0.39 is 0 Å². The Hall–Kier alpha value is -1.67. The molecule has 0 heterocycles. The van der Waals surface area contributed by atoms with Gasteiger partial charge in [0.2, 0.25) is 0 Å². The molecular weight excluding hydrogens is 261 g/mol. The number of halogens is 1. The normalized spacial score (nSPS) is 16.0. The van der Waals surface area contributed by atoms with Crippen molar-refractivity contribution < 1.29 is 4.39 Å². The Balaban J connectivity index is 1.76. The van der Waals surface area contributed by atoms with Crippen LogP contribution in [0.2, 0.25) is 0 Å². The molecule has 0 saturated carbocycles. The van der Waals surface area contributed by atoms with Crippen LogP contribution in [0.15, 0.2) is 42.5 Å². The predicted molar refractivity (Wildman–Crippen MR) is 85.0 cm³/mol. The van der Waals surface area contributed by atoms with E-state index in [1.165, 1.54) is 16.7 Å². The number of rotatable bonds is 4. The highest BCUT2D eigenvalue weighted by molar-refractivity contribution is 5.33. The van der Waals surface area contributed by atoms with Crippen LogP contribution < -0.4 is 5.32 Å². The molecule has 0 aromatic heterocycles. The number of hydrogen-bond acceptors (Lipinski definition) is 1. The van der Waals surface area contributed by atoms with Crippen LogP contribution in [-0.2, 0) is 19.3 Å². The second kappa shape index (κ2) is 5.98. The topological polar surface area (TPSA) is 12.0 Å². The maximum atomic E-state index is 13.5. The zero-order valence-electron chi connectivity index (χ0n) is 12.7. The fourth-order valence-corrected chi connectivity index (χ4v) is 3.48. The molecule has 2 heteroatoms. The van der Waals surface area contributed by atoms with Crippen LogP contribution in [0.4, 0.5) is 4.39 Å². The fraction of sp³-hybridized carbons (Fsp3) is 0.368. The molecular formula is C19H22FN. The number of fused-ring (bicyclic) bond motifs is 1. The van der Waals surface area contributed by atoms with E-state index in [0.29, 0.717) is 12.0 Å². The predicted octanol–water partition coefficient (Wildman–Crippen LogP) is 3.68. The van der Waals surface area contributed by atoms with Gasteiger partial charge >= 0.3 is 0 Å². The molecule has 0 bridgehead atoms. The molecule has 0 saturated heterocycles. The number of hydrogen-bond donors (Lipinski definition) is 1. The first kappa shape index (κ1) is 14.3. The summed E-state index contributed by atoms with van der Waals surface area (Å²) in [5.74, 6) is 0.454. The fourth-order valence-electron chi connectivity index (χ4n) is 3.48. The van der Waals surface area contributed by atoms with Crippen LogP contribution >= 0.6 is 0 Å². The van der Waals surface area contributed by atoms with Gasteiger partial charge in [-0.2, -0.15) is 0 Å². The molecule has 0 fully saturated rings. The molecule has 1 aliphatic carbocycles. The molecule has 1 N–H and O–H groups in total. The van der Waals surface area contributed by atoms with Crippen LogP contribution in [0.25, 0.3) is 0 Å². The minimum Gasteiger partial charge on any atom is -0.316 e. The summed E-state index contributed by atoms with van der Waals surface area (Å²) >= 11 is 0. The van der Waals surface area contributed by atoms with Crippen LogP contribution in [0, 0.1) is 18.7 Å². The van der Waals surface area contributed by atoms with Crippen LogP contribution in [0.1, 0.15) is 22.3 Å². The van der Waals surface area contributed by atoms with Gasteiger partial charge in [-0.1, -0.05) is 30.3 Å². The van der Waals surface area contributed by atoms with Crippen LogP contribution in [-0.4, -0.2) is 13.1 Å². The third kappa shape index (κ3) is 3.01. The molecule has 1 atom stereocenters. The maximum absolute atomic E-state index is 13.5. The van der Waals surface area contributed by atoms with Gasteiger partial charge in [0.1, 0.15) is 5.82 Å². The molecule has 2 aromatic carbocycles. The molecule has 1 nitrogen and oxygen atoms in total. The molecule has 0 spiro atoms. The van der Waals surface area contributed by atoms with Gasteiger partial charge in [-0.3, -0.25) is 0 Å². The van der Waals surface area contributed by atoms with E-state index in [4.69, 9.17) is 0 Å². The summed E-state index contributed by atoms with van der Waals surface area (Å²) in [7, 11) is 2.02. The zero-order valence-corrected chi connectivity index (χ0v) is 12.7. The van der Waals surface area contributed by atoms with Crippen molar-refractivity contribution in [3.05, 3.63) is 70.5 Å². The monoisotopic (exact) mass is 283 g/mol. The number of nitrogens with one attached hydrogen (secondary N) is 1. The first-order valence-electron chi connectivity index (χ1n) is 7.66. The molecule has 0 aliphatic heterocycles. The molecule has 110 valence electrons. The van der Waals surface area contributed by atoms with Crippen molar-refractivity contribution in [2.24, 2.45) is 5.92 Å². The van der Waals surface area contributed by atoms with E-state index in [1.54, 1.807) is 12.1 Å². The smallest absolute Gasteiger partial charge is 0.123 e. The second-order valence-corrected chi connectivity index (χ2v) is 6.11. The van der Waals surface area contributed by atoms with Gasteiger partial charge < -0.3 is 5.32 Å². The number of benzene rings is 2. The minimum absolute atomic E-state index is 0.139. The maximum Gasteiger partial charge on any atom is 0.123 e. The molecule has 1 unspecified atom stereocenters. The Bertz CT molecular complexity index is 610. The Morgan fingerprint density at radius 1 is 1.14 bits per heavy atom. The van der Waals surface area contributed by atoms with Gasteiger partial charge in [0.25, 0.3) is 0 Å². The van der Waals surface area contributed by atoms with Crippen molar-refractivity contribution in [1.29, 1.82) is 0 Å². The van der Waals surface area contributed by atoms with Gasteiger partial charge in [-0.25, -0.2) is 4.39 Å². The molecule has 21 heavy (non-hydrogen) atoms. The zero-order chi connectivity index (χ0) is 14.8. The minimum atomic E-state index is -0.139. The second-order valence-electron chi connectivity index (χ2n) is 6.11. The summed E-state index contributed by atoms with van der Waals surface area (Å²) in [5.41, 5.74) is 5.23. The third-order valence-electron chi connectivity index (χ3n) is 4.77.